The lowest BCUT2D eigenvalue weighted by atomic mass is 10.1. The molecular formula is C70H56BrCl10N11O3. The SMILES string of the molecule is Clc1ccc(CNc2ccc(Br)c(Cl)n2)cc1.Clc1ccc(CNc2cccc(Cl)n2)cc1.Nc1cccc(Cl)n1.O=Cc1ccc(CCc2ccc(Cl)cc2)nc1Cl.O=Cc1ccc(Cl)cc1.O=Cc1ccc(NCc2ccc(Cl)cc2)nc1Cl.c1cnc2[nH]ccc2c1. The lowest BCUT2D eigenvalue weighted by molar-refractivity contribution is 0.111. The number of benzene rings is 5. The van der Waals surface area contributed by atoms with Crippen LogP contribution in [0.2, 0.25) is 50.9 Å². The number of H-pyrrole nitrogens is 1. The maximum atomic E-state index is 10.6. The van der Waals surface area contributed by atoms with E-state index in [4.69, 9.17) is 122 Å². The van der Waals surface area contributed by atoms with Crippen LogP contribution in [0.4, 0.5) is 23.3 Å². The molecule has 0 saturated heterocycles. The van der Waals surface area contributed by atoms with Crippen LogP contribution >= 0.6 is 132 Å². The number of nitrogens with two attached hydrogens (primary N) is 1. The summed E-state index contributed by atoms with van der Waals surface area (Å²) in [7, 11) is 0. The molecule has 0 spiro atoms. The molecule has 5 aromatic carbocycles. The number of hydrogen-bond acceptors (Lipinski definition) is 13. The number of rotatable bonds is 15. The van der Waals surface area contributed by atoms with Crippen LogP contribution in [0.5, 0.6) is 0 Å². The molecule has 0 bridgehead atoms. The van der Waals surface area contributed by atoms with Crippen LogP contribution in [0.1, 0.15) is 59.0 Å². The maximum absolute atomic E-state index is 10.6. The molecule has 0 fully saturated rings. The number of carbonyl (C=O) groups excluding carboxylic acids is 3. The Morgan fingerprint density at radius 2 is 0.842 bits per heavy atom. The zero-order valence-corrected chi connectivity index (χ0v) is 58.9. The van der Waals surface area contributed by atoms with Gasteiger partial charge in [0.25, 0.3) is 0 Å². The van der Waals surface area contributed by atoms with E-state index in [9.17, 15) is 14.4 Å². The van der Waals surface area contributed by atoms with Gasteiger partial charge in [-0.2, -0.15) is 0 Å². The van der Waals surface area contributed by atoms with Crippen molar-refractivity contribution >= 4 is 185 Å². The van der Waals surface area contributed by atoms with E-state index in [1.54, 1.807) is 72.9 Å². The molecule has 7 aromatic heterocycles. The summed E-state index contributed by atoms with van der Waals surface area (Å²) in [5.41, 5.74) is 13.1. The molecular weight excluding hydrogens is 1480 g/mol. The molecule has 95 heavy (non-hydrogen) atoms. The number of halogens is 11. The van der Waals surface area contributed by atoms with Gasteiger partial charge in [-0.1, -0.05) is 189 Å². The number of aldehydes is 3. The standard InChI is InChI=1S/C14H11Cl2NO.C13H10Cl2N2O.C12H9BrCl2N2.C12H10Cl2N2.C7H5ClO.C7H6N2.C5H5ClN2/c15-12-5-1-10(2-6-12)3-7-13-8-4-11(9-18)14(16)17-13;14-11-4-1-9(2-5-11)7-16-12-6-3-10(8-18)13(15)17-12;13-10-5-6-11(17-12(10)15)16-7-8-1-3-9(14)4-2-8;13-10-6-4-9(5-7-10)8-15-12-3-1-2-11(14)16-12;8-7-3-1-6(5-9)2-4-7;1-2-6-3-5-9-7(6)8-4-1;6-4-2-1-3-5(7)8-4/h1-2,4-6,8-9H,3,7H2;1-6,8H,7H2,(H,16,17);1-6H,7H2,(H,16,17);1-7H,8H2,(H,15,16);1-5H;1-5H,(H,8,9);1-3H,(H2,7,8). The summed E-state index contributed by atoms with van der Waals surface area (Å²) in [4.78, 5) is 58.7. The second-order valence-electron chi connectivity index (χ2n) is 19.3. The molecule has 0 radical (unpaired) electrons. The number of aromatic amines is 1. The predicted octanol–water partition coefficient (Wildman–Crippen LogP) is 21.6. The summed E-state index contributed by atoms with van der Waals surface area (Å²) in [6, 6.07) is 64.4. The van der Waals surface area contributed by atoms with Gasteiger partial charge in [0.2, 0.25) is 0 Å². The van der Waals surface area contributed by atoms with Gasteiger partial charge in [-0.3, -0.25) is 14.4 Å². The zero-order valence-electron chi connectivity index (χ0n) is 49.8. The van der Waals surface area contributed by atoms with Crippen molar-refractivity contribution in [3.8, 4) is 0 Å². The van der Waals surface area contributed by atoms with Crippen LogP contribution in [-0.2, 0) is 32.5 Å². The molecule has 6 N–H and O–H groups in total. The van der Waals surface area contributed by atoms with Crippen molar-refractivity contribution < 1.29 is 14.4 Å². The molecule has 0 aliphatic rings. The third-order valence-corrected chi connectivity index (χ3v) is 15.8. The van der Waals surface area contributed by atoms with E-state index in [1.165, 1.54) is 5.56 Å². The Kier molecular flexibility index (Phi) is 33.5. The first-order valence-corrected chi connectivity index (χ1v) is 32.8. The number of fused-ring (bicyclic) bond motifs is 1. The summed E-state index contributed by atoms with van der Waals surface area (Å²) in [6.07, 6.45) is 7.48. The van der Waals surface area contributed by atoms with Crippen molar-refractivity contribution in [1.82, 2.24) is 34.9 Å². The van der Waals surface area contributed by atoms with E-state index in [0.717, 1.165) is 83.7 Å². The Balaban J connectivity index is 0.000000179. The lowest BCUT2D eigenvalue weighted by Crippen LogP contribution is -2.02. The molecule has 12 aromatic rings. The van der Waals surface area contributed by atoms with E-state index < -0.39 is 0 Å². The summed E-state index contributed by atoms with van der Waals surface area (Å²) >= 11 is 60.9. The highest BCUT2D eigenvalue weighted by Crippen LogP contribution is 2.23. The minimum absolute atomic E-state index is 0.200. The highest BCUT2D eigenvalue weighted by Gasteiger charge is 2.06. The second kappa shape index (κ2) is 41.8. The van der Waals surface area contributed by atoms with Gasteiger partial charge in [0, 0.05) is 73.8 Å². The van der Waals surface area contributed by atoms with Crippen LogP contribution in [-0.4, -0.2) is 53.7 Å². The van der Waals surface area contributed by atoms with Gasteiger partial charge in [-0.25, -0.2) is 29.9 Å². The van der Waals surface area contributed by atoms with Crippen LogP contribution in [0.3, 0.4) is 0 Å². The van der Waals surface area contributed by atoms with E-state index in [1.807, 2.05) is 152 Å². The Hall–Kier alpha value is -7.87. The molecule has 486 valence electrons. The van der Waals surface area contributed by atoms with Crippen LogP contribution in [0, 0.1) is 0 Å². The normalized spacial score (nSPS) is 10.0. The van der Waals surface area contributed by atoms with E-state index in [0.29, 0.717) is 86.0 Å². The summed E-state index contributed by atoms with van der Waals surface area (Å²) in [5, 5.41) is 16.1. The van der Waals surface area contributed by atoms with Crippen molar-refractivity contribution in [3.05, 3.63) is 325 Å². The smallest absolute Gasteiger partial charge is 0.153 e. The van der Waals surface area contributed by atoms with Gasteiger partial charge in [0.15, 0.2) is 12.6 Å². The quantitative estimate of drug-likeness (QED) is 0.0479. The summed E-state index contributed by atoms with van der Waals surface area (Å²) < 4.78 is 0.788. The molecule has 25 heteroatoms. The van der Waals surface area contributed by atoms with E-state index in [-0.39, 0.29) is 10.3 Å². The molecule has 0 aliphatic carbocycles. The fourth-order valence-corrected chi connectivity index (χ4v) is 9.27. The van der Waals surface area contributed by atoms with Crippen LogP contribution in [0.25, 0.3) is 11.0 Å². The minimum atomic E-state index is 0.200. The largest absolute Gasteiger partial charge is 0.384 e. The first-order chi connectivity index (χ1) is 45.8. The molecule has 0 aliphatic heterocycles. The first-order valence-electron chi connectivity index (χ1n) is 28.2. The molecule has 14 nitrogen and oxygen atoms in total. The Morgan fingerprint density at radius 3 is 1.27 bits per heavy atom. The van der Waals surface area contributed by atoms with Crippen molar-refractivity contribution in [2.45, 2.75) is 32.5 Å². The van der Waals surface area contributed by atoms with E-state index >= 15 is 0 Å². The number of nitrogen functional groups attached to an aromatic ring is 1. The van der Waals surface area contributed by atoms with Gasteiger partial charge in [0.05, 0.1) is 15.6 Å². The van der Waals surface area contributed by atoms with Gasteiger partial charge in [-0.15, -0.1) is 0 Å². The van der Waals surface area contributed by atoms with Crippen LogP contribution < -0.4 is 21.7 Å². The summed E-state index contributed by atoms with van der Waals surface area (Å²) in [6.45, 7) is 1.99. The number of carbonyl (C=O) groups is 3. The van der Waals surface area contributed by atoms with Crippen molar-refractivity contribution in [3.63, 3.8) is 0 Å². The average Bonchev–Trinajstić information content (AvgIpc) is 2.81. The first kappa shape index (κ1) is 76.2. The number of aryl methyl sites for hydroxylation is 2. The minimum Gasteiger partial charge on any atom is -0.384 e. The third-order valence-electron chi connectivity index (χ3n) is 12.4. The van der Waals surface area contributed by atoms with Gasteiger partial charge >= 0.3 is 0 Å². The average molecular weight is 1530 g/mol. The van der Waals surface area contributed by atoms with Gasteiger partial charge < -0.3 is 26.7 Å². The van der Waals surface area contributed by atoms with Crippen molar-refractivity contribution in [1.29, 1.82) is 0 Å². The molecule has 12 rings (SSSR count). The fourth-order valence-electron chi connectivity index (χ4n) is 7.52. The topological polar surface area (TPSA) is 206 Å². The molecule has 0 unspecified atom stereocenters. The van der Waals surface area contributed by atoms with Crippen LogP contribution in [0.15, 0.2) is 229 Å². The number of nitrogens with zero attached hydrogens (tertiary/aromatic N) is 6. The fraction of sp³-hybridized carbons (Fsp3) is 0.0714. The monoisotopic (exact) mass is 1530 g/mol. The number of pyridine rings is 6. The van der Waals surface area contributed by atoms with Gasteiger partial charge in [0.1, 0.15) is 61.0 Å². The molecule has 7 heterocycles. The Labute approximate surface area is 608 Å². The maximum Gasteiger partial charge on any atom is 0.153 e. The van der Waals surface area contributed by atoms with Crippen molar-refractivity contribution in [2.75, 3.05) is 21.7 Å². The predicted molar refractivity (Wildman–Crippen MR) is 397 cm³/mol. The van der Waals surface area contributed by atoms with Gasteiger partial charge in [-0.05, 0) is 191 Å². The number of hydrogen-bond donors (Lipinski definition) is 5. The second-order valence-corrected chi connectivity index (χ2v) is 24.2. The Morgan fingerprint density at radius 1 is 0.400 bits per heavy atom. The highest BCUT2D eigenvalue weighted by atomic mass is 79.9. The number of nitrogens with one attached hydrogen (secondary N) is 4. The molecule has 0 amide bonds. The third kappa shape index (κ3) is 29.3. The zero-order chi connectivity index (χ0) is 68.3. The summed E-state index contributed by atoms with van der Waals surface area (Å²) in [5.74, 6) is 2.59. The number of anilines is 4. The van der Waals surface area contributed by atoms with E-state index in [2.05, 4.69) is 66.8 Å². The lowest BCUT2D eigenvalue weighted by Gasteiger charge is -2.06. The number of aromatic nitrogens is 7. The molecule has 0 saturated carbocycles. The highest BCUT2D eigenvalue weighted by molar-refractivity contribution is 9.10. The molecule has 0 atom stereocenters. The van der Waals surface area contributed by atoms with Crippen molar-refractivity contribution in [2.24, 2.45) is 0 Å². The Bertz CT molecular complexity index is 4170.